The van der Waals surface area contributed by atoms with Crippen LogP contribution in [0.2, 0.25) is 5.02 Å². The van der Waals surface area contributed by atoms with Gasteiger partial charge >= 0.3 is 0 Å². The molecule has 1 aromatic rings. The van der Waals surface area contributed by atoms with E-state index in [2.05, 4.69) is 40.7 Å². The molecular formula is C14H21BrClNO. The van der Waals surface area contributed by atoms with E-state index in [-0.39, 0.29) is 0 Å². The summed E-state index contributed by atoms with van der Waals surface area (Å²) < 4.78 is 6.18. The van der Waals surface area contributed by atoms with Gasteiger partial charge in [0, 0.05) is 36.2 Å². The maximum absolute atomic E-state index is 6.26. The van der Waals surface area contributed by atoms with Gasteiger partial charge in [-0.3, -0.25) is 4.90 Å². The van der Waals surface area contributed by atoms with E-state index >= 15 is 0 Å². The van der Waals surface area contributed by atoms with E-state index in [1.807, 2.05) is 12.1 Å². The van der Waals surface area contributed by atoms with Crippen LogP contribution in [0.15, 0.2) is 22.7 Å². The minimum absolute atomic E-state index is 0.635. The van der Waals surface area contributed by atoms with E-state index in [1.54, 1.807) is 7.11 Å². The summed E-state index contributed by atoms with van der Waals surface area (Å²) in [5.74, 6) is 0.635. The molecule has 0 unspecified atom stereocenters. The molecule has 0 radical (unpaired) electrons. The summed E-state index contributed by atoms with van der Waals surface area (Å²) in [6.07, 6.45) is 0. The number of benzene rings is 1. The first-order valence-corrected chi connectivity index (χ1v) is 7.35. The van der Waals surface area contributed by atoms with Gasteiger partial charge in [0.05, 0.1) is 6.61 Å². The maximum atomic E-state index is 6.26. The first kappa shape index (κ1) is 16.0. The van der Waals surface area contributed by atoms with Gasteiger partial charge in [-0.1, -0.05) is 47.4 Å². The standard InChI is InChI=1S/C14H21BrClNO/c1-11(2)9-17(6-7-18-3)10-12-4-5-13(15)8-14(12)16/h4-5,8,11H,6-7,9-10H2,1-3H3. The third kappa shape index (κ3) is 5.70. The third-order valence-electron chi connectivity index (χ3n) is 2.64. The van der Waals surface area contributed by atoms with Gasteiger partial charge in [0.2, 0.25) is 0 Å². The first-order chi connectivity index (χ1) is 8.52. The SMILES string of the molecule is COCCN(Cc1ccc(Br)cc1Cl)CC(C)C. The summed E-state index contributed by atoms with van der Waals surface area (Å²) in [6.45, 7) is 8.05. The smallest absolute Gasteiger partial charge is 0.0589 e. The Kier molecular flexibility index (Phi) is 7.23. The van der Waals surface area contributed by atoms with Crippen LogP contribution in [0, 0.1) is 5.92 Å². The predicted molar refractivity (Wildman–Crippen MR) is 81.1 cm³/mol. The zero-order chi connectivity index (χ0) is 13.5. The van der Waals surface area contributed by atoms with Gasteiger partial charge in [0.1, 0.15) is 0 Å². The molecule has 0 aliphatic carbocycles. The number of rotatable bonds is 7. The number of nitrogens with zero attached hydrogens (tertiary/aromatic N) is 1. The van der Waals surface area contributed by atoms with Crippen LogP contribution in [0.25, 0.3) is 0 Å². The van der Waals surface area contributed by atoms with E-state index in [0.717, 1.165) is 41.3 Å². The second-order valence-corrected chi connectivity index (χ2v) is 6.18. The molecule has 0 atom stereocenters. The van der Waals surface area contributed by atoms with Crippen molar-refractivity contribution in [3.63, 3.8) is 0 Å². The number of hydrogen-bond donors (Lipinski definition) is 0. The second-order valence-electron chi connectivity index (χ2n) is 4.86. The Labute approximate surface area is 123 Å². The van der Waals surface area contributed by atoms with Crippen molar-refractivity contribution >= 4 is 27.5 Å². The monoisotopic (exact) mass is 333 g/mol. The summed E-state index contributed by atoms with van der Waals surface area (Å²) in [4.78, 5) is 2.38. The summed E-state index contributed by atoms with van der Waals surface area (Å²) in [5.41, 5.74) is 1.16. The molecule has 0 heterocycles. The zero-order valence-electron chi connectivity index (χ0n) is 11.2. The highest BCUT2D eigenvalue weighted by molar-refractivity contribution is 9.10. The molecule has 0 amide bonds. The zero-order valence-corrected chi connectivity index (χ0v) is 13.6. The molecule has 0 spiro atoms. The molecule has 4 heteroatoms. The summed E-state index contributed by atoms with van der Waals surface area (Å²) in [7, 11) is 1.74. The van der Waals surface area contributed by atoms with E-state index < -0.39 is 0 Å². The average molecular weight is 335 g/mol. The Morgan fingerprint density at radius 3 is 2.67 bits per heavy atom. The quantitative estimate of drug-likeness (QED) is 0.740. The van der Waals surface area contributed by atoms with Crippen molar-refractivity contribution in [3.8, 4) is 0 Å². The molecule has 102 valence electrons. The van der Waals surface area contributed by atoms with Gasteiger partial charge in [0.25, 0.3) is 0 Å². The lowest BCUT2D eigenvalue weighted by Crippen LogP contribution is -2.30. The second kappa shape index (κ2) is 8.16. The number of ether oxygens (including phenoxy) is 1. The Morgan fingerprint density at radius 1 is 1.39 bits per heavy atom. The molecule has 2 nitrogen and oxygen atoms in total. The Balaban J connectivity index is 2.68. The van der Waals surface area contributed by atoms with Gasteiger partial charge in [0.15, 0.2) is 0 Å². The van der Waals surface area contributed by atoms with Crippen molar-refractivity contribution in [1.82, 2.24) is 4.90 Å². The normalized spacial score (nSPS) is 11.5. The van der Waals surface area contributed by atoms with Crippen molar-refractivity contribution in [1.29, 1.82) is 0 Å². The highest BCUT2D eigenvalue weighted by Crippen LogP contribution is 2.22. The van der Waals surface area contributed by atoms with Crippen LogP contribution in [-0.2, 0) is 11.3 Å². The predicted octanol–water partition coefficient (Wildman–Crippen LogP) is 4.21. The number of hydrogen-bond acceptors (Lipinski definition) is 2. The average Bonchev–Trinajstić information content (AvgIpc) is 2.29. The fourth-order valence-electron chi connectivity index (χ4n) is 1.86. The highest BCUT2D eigenvalue weighted by Gasteiger charge is 2.10. The largest absolute Gasteiger partial charge is 0.383 e. The first-order valence-electron chi connectivity index (χ1n) is 6.18. The van der Waals surface area contributed by atoms with Crippen LogP contribution in [0.1, 0.15) is 19.4 Å². The lowest BCUT2D eigenvalue weighted by molar-refractivity contribution is 0.136. The van der Waals surface area contributed by atoms with Crippen molar-refractivity contribution < 1.29 is 4.74 Å². The fourth-order valence-corrected chi connectivity index (χ4v) is 2.60. The van der Waals surface area contributed by atoms with Crippen molar-refractivity contribution in [3.05, 3.63) is 33.3 Å². The molecule has 1 rings (SSSR count). The number of methoxy groups -OCH3 is 1. The Bertz CT molecular complexity index is 371. The summed E-state index contributed by atoms with van der Waals surface area (Å²) in [5, 5.41) is 0.815. The molecule has 0 aromatic heterocycles. The van der Waals surface area contributed by atoms with E-state index in [1.165, 1.54) is 0 Å². The molecule has 0 saturated heterocycles. The molecular weight excluding hydrogens is 314 g/mol. The van der Waals surface area contributed by atoms with Gasteiger partial charge in [-0.05, 0) is 23.6 Å². The van der Waals surface area contributed by atoms with Crippen LogP contribution in [0.4, 0.5) is 0 Å². The minimum Gasteiger partial charge on any atom is -0.383 e. The lowest BCUT2D eigenvalue weighted by atomic mass is 10.1. The molecule has 0 aliphatic rings. The molecule has 0 bridgehead atoms. The minimum atomic E-state index is 0.635. The molecule has 0 N–H and O–H groups in total. The molecule has 0 aliphatic heterocycles. The topological polar surface area (TPSA) is 12.5 Å². The van der Waals surface area contributed by atoms with Gasteiger partial charge in [-0.2, -0.15) is 0 Å². The van der Waals surface area contributed by atoms with Crippen LogP contribution in [-0.4, -0.2) is 31.7 Å². The molecule has 1 aromatic carbocycles. The van der Waals surface area contributed by atoms with Gasteiger partial charge in [-0.15, -0.1) is 0 Å². The molecule has 0 fully saturated rings. The molecule has 0 saturated carbocycles. The third-order valence-corrected chi connectivity index (χ3v) is 3.49. The van der Waals surface area contributed by atoms with Crippen LogP contribution >= 0.6 is 27.5 Å². The van der Waals surface area contributed by atoms with E-state index in [9.17, 15) is 0 Å². The highest BCUT2D eigenvalue weighted by atomic mass is 79.9. The van der Waals surface area contributed by atoms with E-state index in [0.29, 0.717) is 5.92 Å². The van der Waals surface area contributed by atoms with Gasteiger partial charge < -0.3 is 4.74 Å². The Morgan fingerprint density at radius 2 is 2.11 bits per heavy atom. The summed E-state index contributed by atoms with van der Waals surface area (Å²) in [6, 6.07) is 6.05. The number of halogens is 2. The lowest BCUT2D eigenvalue weighted by Gasteiger charge is -2.24. The fraction of sp³-hybridized carbons (Fsp3) is 0.571. The van der Waals surface area contributed by atoms with Crippen LogP contribution in [0.3, 0.4) is 0 Å². The molecule has 18 heavy (non-hydrogen) atoms. The van der Waals surface area contributed by atoms with Crippen molar-refractivity contribution in [2.75, 3.05) is 26.8 Å². The maximum Gasteiger partial charge on any atom is 0.0589 e. The van der Waals surface area contributed by atoms with Gasteiger partial charge in [-0.25, -0.2) is 0 Å². The Hall–Kier alpha value is -0.0900. The summed E-state index contributed by atoms with van der Waals surface area (Å²) >= 11 is 9.68. The van der Waals surface area contributed by atoms with Crippen LogP contribution < -0.4 is 0 Å². The van der Waals surface area contributed by atoms with E-state index in [4.69, 9.17) is 16.3 Å². The van der Waals surface area contributed by atoms with Crippen molar-refractivity contribution in [2.24, 2.45) is 5.92 Å². The van der Waals surface area contributed by atoms with Crippen molar-refractivity contribution in [2.45, 2.75) is 20.4 Å². The van der Waals surface area contributed by atoms with Crippen LogP contribution in [0.5, 0.6) is 0 Å².